The van der Waals surface area contributed by atoms with E-state index in [1.807, 2.05) is 38.1 Å². The Kier molecular flexibility index (Phi) is 7.09. The summed E-state index contributed by atoms with van der Waals surface area (Å²) >= 11 is 0. The molecule has 112 valence electrons. The minimum Gasteiger partial charge on any atom is -0.497 e. The van der Waals surface area contributed by atoms with Crippen molar-refractivity contribution in [3.8, 4) is 5.75 Å². The van der Waals surface area contributed by atoms with Gasteiger partial charge >= 0.3 is 0 Å². The van der Waals surface area contributed by atoms with Crippen LogP contribution < -0.4 is 10.1 Å². The minimum absolute atomic E-state index is 0.0148. The molecule has 0 saturated carbocycles. The van der Waals surface area contributed by atoms with Gasteiger partial charge in [0.15, 0.2) is 0 Å². The monoisotopic (exact) mass is 279 g/mol. The predicted molar refractivity (Wildman–Crippen MR) is 80.0 cm³/mol. The lowest BCUT2D eigenvalue weighted by atomic mass is 9.95. The summed E-state index contributed by atoms with van der Waals surface area (Å²) < 4.78 is 5.12. The summed E-state index contributed by atoms with van der Waals surface area (Å²) in [6.45, 7) is 4.44. The van der Waals surface area contributed by atoms with Crippen LogP contribution in [0.4, 0.5) is 0 Å². The van der Waals surface area contributed by atoms with Crippen molar-refractivity contribution in [2.24, 2.45) is 0 Å². The van der Waals surface area contributed by atoms with Crippen LogP contribution >= 0.6 is 0 Å². The number of aliphatic hydroxyl groups excluding tert-OH is 1. The van der Waals surface area contributed by atoms with Gasteiger partial charge in [-0.25, -0.2) is 0 Å². The average Bonchev–Trinajstić information content (AvgIpc) is 2.48. The van der Waals surface area contributed by atoms with Crippen LogP contribution in [0.2, 0.25) is 0 Å². The van der Waals surface area contributed by atoms with Crippen LogP contribution in [-0.2, 0) is 4.79 Å². The molecule has 20 heavy (non-hydrogen) atoms. The number of amides is 1. The lowest BCUT2D eigenvalue weighted by Gasteiger charge is -2.16. The molecule has 1 amide bonds. The zero-order chi connectivity index (χ0) is 15.0. The van der Waals surface area contributed by atoms with E-state index in [0.29, 0.717) is 19.4 Å². The molecule has 0 aliphatic heterocycles. The molecule has 0 aliphatic rings. The Labute approximate surface area is 121 Å². The summed E-state index contributed by atoms with van der Waals surface area (Å²) in [5.41, 5.74) is 0.988. The molecule has 4 nitrogen and oxygen atoms in total. The van der Waals surface area contributed by atoms with Crippen LogP contribution in [0.3, 0.4) is 0 Å². The molecule has 0 saturated heterocycles. The summed E-state index contributed by atoms with van der Waals surface area (Å²) in [5.74, 6) is 0.649. The van der Waals surface area contributed by atoms with Gasteiger partial charge in [0.05, 0.1) is 19.1 Å². The third kappa shape index (κ3) is 4.85. The highest BCUT2D eigenvalue weighted by molar-refractivity contribution is 5.83. The van der Waals surface area contributed by atoms with E-state index in [1.165, 1.54) is 0 Å². The summed E-state index contributed by atoms with van der Waals surface area (Å²) in [6.07, 6.45) is 1.72. The molecule has 0 radical (unpaired) electrons. The predicted octanol–water partition coefficient (Wildman–Crippen LogP) is 2.47. The van der Waals surface area contributed by atoms with E-state index in [2.05, 4.69) is 5.32 Å². The van der Waals surface area contributed by atoms with Crippen LogP contribution in [0.5, 0.6) is 5.75 Å². The van der Waals surface area contributed by atoms with Gasteiger partial charge < -0.3 is 15.2 Å². The van der Waals surface area contributed by atoms with Crippen LogP contribution in [-0.4, -0.2) is 30.8 Å². The summed E-state index contributed by atoms with van der Waals surface area (Å²) in [5, 5.41) is 12.4. The highest BCUT2D eigenvalue weighted by Crippen LogP contribution is 2.22. The number of carbonyl (C=O) groups excluding carboxylic acids is 1. The Morgan fingerprint density at radius 3 is 2.40 bits per heavy atom. The summed E-state index contributed by atoms with van der Waals surface area (Å²) in [4.78, 5) is 12.2. The number of methoxy groups -OCH3 is 1. The average molecular weight is 279 g/mol. The first-order chi connectivity index (χ1) is 9.62. The van der Waals surface area contributed by atoms with E-state index < -0.39 is 0 Å². The highest BCUT2D eigenvalue weighted by Gasteiger charge is 2.18. The van der Waals surface area contributed by atoms with Crippen LogP contribution in [0.25, 0.3) is 0 Å². The van der Waals surface area contributed by atoms with Gasteiger partial charge in [0.1, 0.15) is 5.75 Å². The van der Waals surface area contributed by atoms with Crippen molar-refractivity contribution in [2.45, 2.75) is 45.1 Å². The van der Waals surface area contributed by atoms with E-state index >= 15 is 0 Å². The molecule has 0 aromatic heterocycles. The van der Waals surface area contributed by atoms with Gasteiger partial charge in [0, 0.05) is 6.54 Å². The number of benzene rings is 1. The van der Waals surface area contributed by atoms with Gasteiger partial charge in [0.25, 0.3) is 0 Å². The van der Waals surface area contributed by atoms with E-state index in [9.17, 15) is 9.90 Å². The first-order valence-corrected chi connectivity index (χ1v) is 7.22. The molecular weight excluding hydrogens is 254 g/mol. The zero-order valence-electron chi connectivity index (χ0n) is 12.6. The fourth-order valence-corrected chi connectivity index (χ4v) is 2.10. The Morgan fingerprint density at radius 2 is 1.90 bits per heavy atom. The van der Waals surface area contributed by atoms with Crippen molar-refractivity contribution in [3.63, 3.8) is 0 Å². The molecule has 2 N–H and O–H groups in total. The highest BCUT2D eigenvalue weighted by atomic mass is 16.5. The molecule has 2 atom stereocenters. The normalized spacial score (nSPS) is 13.6. The lowest BCUT2D eigenvalue weighted by molar-refractivity contribution is -0.122. The van der Waals surface area contributed by atoms with Gasteiger partial charge in [-0.2, -0.15) is 0 Å². The van der Waals surface area contributed by atoms with Gasteiger partial charge in [-0.1, -0.05) is 26.0 Å². The number of carbonyl (C=O) groups is 1. The zero-order valence-corrected chi connectivity index (χ0v) is 12.6. The molecule has 1 aromatic carbocycles. The SMILES string of the molecule is CCC(O)CCNC(=O)C(CC)c1ccc(OC)cc1. The van der Waals surface area contributed by atoms with Crippen LogP contribution in [0.15, 0.2) is 24.3 Å². The Bertz CT molecular complexity index is 403. The number of hydrogen-bond donors (Lipinski definition) is 2. The third-order valence-corrected chi connectivity index (χ3v) is 3.49. The standard InChI is InChI=1S/C16H25NO3/c1-4-13(18)10-11-17-16(19)15(5-2)12-6-8-14(20-3)9-7-12/h6-9,13,15,18H,4-5,10-11H2,1-3H3,(H,17,19). The van der Waals surface area contributed by atoms with E-state index in [0.717, 1.165) is 17.7 Å². The molecule has 4 heteroatoms. The Balaban J connectivity index is 2.57. The Morgan fingerprint density at radius 1 is 1.25 bits per heavy atom. The van der Waals surface area contributed by atoms with Gasteiger partial charge in [-0.3, -0.25) is 4.79 Å². The molecule has 1 rings (SSSR count). The van der Waals surface area contributed by atoms with Gasteiger partial charge in [0.2, 0.25) is 5.91 Å². The van der Waals surface area contributed by atoms with Crippen molar-refractivity contribution < 1.29 is 14.6 Å². The maximum Gasteiger partial charge on any atom is 0.227 e. The quantitative estimate of drug-likeness (QED) is 0.768. The lowest BCUT2D eigenvalue weighted by Crippen LogP contribution is -2.31. The third-order valence-electron chi connectivity index (χ3n) is 3.49. The largest absolute Gasteiger partial charge is 0.497 e. The molecule has 0 fully saturated rings. The number of aliphatic hydroxyl groups is 1. The fourth-order valence-electron chi connectivity index (χ4n) is 2.10. The molecule has 0 aliphatic carbocycles. The topological polar surface area (TPSA) is 58.6 Å². The molecular formula is C16H25NO3. The van der Waals surface area contributed by atoms with Crippen molar-refractivity contribution in [3.05, 3.63) is 29.8 Å². The van der Waals surface area contributed by atoms with Crippen LogP contribution in [0.1, 0.15) is 44.6 Å². The maximum atomic E-state index is 12.2. The molecule has 2 unspecified atom stereocenters. The summed E-state index contributed by atoms with van der Waals surface area (Å²) in [6, 6.07) is 7.58. The molecule has 0 bridgehead atoms. The van der Waals surface area contributed by atoms with Gasteiger partial charge in [-0.05, 0) is 37.0 Å². The second-order valence-corrected chi connectivity index (χ2v) is 4.88. The second-order valence-electron chi connectivity index (χ2n) is 4.88. The van der Waals surface area contributed by atoms with Crippen molar-refractivity contribution in [1.82, 2.24) is 5.32 Å². The smallest absolute Gasteiger partial charge is 0.227 e. The maximum absolute atomic E-state index is 12.2. The number of nitrogens with one attached hydrogen (secondary N) is 1. The molecule has 0 spiro atoms. The first-order valence-electron chi connectivity index (χ1n) is 7.22. The first kappa shape index (κ1) is 16.5. The van der Waals surface area contributed by atoms with Crippen molar-refractivity contribution >= 4 is 5.91 Å². The number of rotatable bonds is 8. The second kappa shape index (κ2) is 8.59. The molecule has 1 aromatic rings. The minimum atomic E-state index is -0.337. The number of hydrogen-bond acceptors (Lipinski definition) is 3. The molecule has 0 heterocycles. The van der Waals surface area contributed by atoms with Gasteiger partial charge in [-0.15, -0.1) is 0 Å². The van der Waals surface area contributed by atoms with E-state index in [4.69, 9.17) is 4.74 Å². The Hall–Kier alpha value is -1.55. The van der Waals surface area contributed by atoms with Crippen LogP contribution in [0, 0.1) is 0 Å². The summed E-state index contributed by atoms with van der Waals surface area (Å²) in [7, 11) is 1.62. The van der Waals surface area contributed by atoms with Crippen molar-refractivity contribution in [1.29, 1.82) is 0 Å². The van der Waals surface area contributed by atoms with Crippen molar-refractivity contribution in [2.75, 3.05) is 13.7 Å². The number of ether oxygens (including phenoxy) is 1. The fraction of sp³-hybridized carbons (Fsp3) is 0.562. The van der Waals surface area contributed by atoms with E-state index in [-0.39, 0.29) is 17.9 Å². The van der Waals surface area contributed by atoms with E-state index in [1.54, 1.807) is 7.11 Å².